The van der Waals surface area contributed by atoms with Crippen LogP contribution in [0.25, 0.3) is 0 Å². The molecule has 4 rings (SSSR count). The van der Waals surface area contributed by atoms with Gasteiger partial charge in [-0.2, -0.15) is 4.98 Å². The molecule has 0 aliphatic heterocycles. The molecule has 1 heterocycles. The number of hydrogen-bond acceptors (Lipinski definition) is 5. The maximum Gasteiger partial charge on any atom is 0.240 e. The fourth-order valence-corrected chi connectivity index (χ4v) is 3.55. The van der Waals surface area contributed by atoms with E-state index in [4.69, 9.17) is 4.52 Å². The largest absolute Gasteiger partial charge is 0.396 e. The highest BCUT2D eigenvalue weighted by Crippen LogP contribution is 2.39. The molecule has 0 spiro atoms. The number of rotatable bonds is 7. The van der Waals surface area contributed by atoms with E-state index in [0.29, 0.717) is 24.4 Å². The number of aryl methyl sites for hydroxylation is 1. The molecule has 1 atom stereocenters. The molecular weight excluding hydrogens is 290 g/mol. The molecule has 1 aromatic carbocycles. The van der Waals surface area contributed by atoms with Crippen molar-refractivity contribution < 1.29 is 9.63 Å². The maximum atomic E-state index is 9.23. The van der Waals surface area contributed by atoms with Crippen LogP contribution in [0.4, 0.5) is 0 Å². The number of benzene rings is 1. The summed E-state index contributed by atoms with van der Waals surface area (Å²) in [5.41, 5.74) is 2.85. The lowest BCUT2D eigenvalue weighted by Crippen LogP contribution is -2.29. The van der Waals surface area contributed by atoms with Gasteiger partial charge in [-0.15, -0.1) is 0 Å². The number of aliphatic hydroxyl groups excluding tert-OH is 1. The Kier molecular flexibility index (Phi) is 4.14. The number of hydrogen-bond donors (Lipinski definition) is 1. The maximum absolute atomic E-state index is 9.23. The van der Waals surface area contributed by atoms with Crippen molar-refractivity contribution in [1.82, 2.24) is 15.0 Å². The summed E-state index contributed by atoms with van der Waals surface area (Å²) in [7, 11) is 0. The van der Waals surface area contributed by atoms with Crippen LogP contribution in [0.1, 0.15) is 60.5 Å². The molecule has 2 aliphatic carbocycles. The zero-order valence-electron chi connectivity index (χ0n) is 13.3. The van der Waals surface area contributed by atoms with Gasteiger partial charge < -0.3 is 9.63 Å². The third-order valence-electron chi connectivity index (χ3n) is 4.91. The van der Waals surface area contributed by atoms with Crippen molar-refractivity contribution in [1.29, 1.82) is 0 Å². The normalized spacial score (nSPS) is 20.2. The second-order valence-corrected chi connectivity index (χ2v) is 6.62. The van der Waals surface area contributed by atoms with Crippen molar-refractivity contribution in [2.75, 3.05) is 13.2 Å². The number of aliphatic hydroxyl groups is 1. The molecule has 0 bridgehead atoms. The Bertz CT molecular complexity index is 666. The first-order chi connectivity index (χ1) is 11.3. The van der Waals surface area contributed by atoms with Crippen molar-refractivity contribution in [3.05, 3.63) is 47.1 Å². The Morgan fingerprint density at radius 2 is 2.09 bits per heavy atom. The van der Waals surface area contributed by atoms with Gasteiger partial charge in [0.15, 0.2) is 5.82 Å². The van der Waals surface area contributed by atoms with Crippen molar-refractivity contribution in [2.24, 2.45) is 0 Å². The fraction of sp³-hybridized carbons (Fsp3) is 0.556. The van der Waals surface area contributed by atoms with Crippen molar-refractivity contribution in [3.8, 4) is 0 Å². The quantitative estimate of drug-likeness (QED) is 0.851. The molecule has 0 radical (unpaired) electrons. The minimum atomic E-state index is 0.210. The number of aromatic nitrogens is 2. The van der Waals surface area contributed by atoms with Crippen LogP contribution in [0.2, 0.25) is 0 Å². The van der Waals surface area contributed by atoms with E-state index < -0.39 is 0 Å². The van der Waals surface area contributed by atoms with E-state index >= 15 is 0 Å². The highest BCUT2D eigenvalue weighted by atomic mass is 16.5. The minimum absolute atomic E-state index is 0.210. The van der Waals surface area contributed by atoms with Gasteiger partial charge in [0.1, 0.15) is 0 Å². The molecule has 2 aromatic rings. The van der Waals surface area contributed by atoms with Gasteiger partial charge in [-0.25, -0.2) is 0 Å². The number of nitrogens with zero attached hydrogens (tertiary/aromatic N) is 3. The molecule has 23 heavy (non-hydrogen) atoms. The molecule has 1 aromatic heterocycles. The van der Waals surface area contributed by atoms with Crippen LogP contribution in [-0.2, 0) is 13.0 Å². The van der Waals surface area contributed by atoms with Crippen molar-refractivity contribution in [2.45, 2.75) is 50.6 Å². The van der Waals surface area contributed by atoms with Crippen molar-refractivity contribution >= 4 is 0 Å². The second kappa shape index (κ2) is 6.42. The summed E-state index contributed by atoms with van der Waals surface area (Å²) in [6.07, 6.45) is 5.37. The summed E-state index contributed by atoms with van der Waals surface area (Å²) in [5, 5.41) is 13.3. The monoisotopic (exact) mass is 313 g/mol. The molecule has 1 unspecified atom stereocenters. The van der Waals surface area contributed by atoms with Crippen LogP contribution in [0.3, 0.4) is 0 Å². The molecule has 122 valence electrons. The minimum Gasteiger partial charge on any atom is -0.396 e. The van der Waals surface area contributed by atoms with E-state index in [1.807, 2.05) is 0 Å². The van der Waals surface area contributed by atoms with Crippen LogP contribution >= 0.6 is 0 Å². The van der Waals surface area contributed by atoms with Crippen molar-refractivity contribution in [3.63, 3.8) is 0 Å². The first-order valence-electron chi connectivity index (χ1n) is 8.60. The first kappa shape index (κ1) is 14.8. The summed E-state index contributed by atoms with van der Waals surface area (Å²) in [4.78, 5) is 6.95. The predicted molar refractivity (Wildman–Crippen MR) is 85.9 cm³/mol. The van der Waals surface area contributed by atoms with E-state index in [0.717, 1.165) is 31.6 Å². The molecule has 0 amide bonds. The first-order valence-corrected chi connectivity index (χ1v) is 8.60. The summed E-state index contributed by atoms with van der Waals surface area (Å²) in [5.74, 6) is 2.09. The highest BCUT2D eigenvalue weighted by molar-refractivity contribution is 5.34. The van der Waals surface area contributed by atoms with Gasteiger partial charge >= 0.3 is 0 Å². The van der Waals surface area contributed by atoms with Crippen LogP contribution < -0.4 is 0 Å². The Hall–Kier alpha value is -1.72. The highest BCUT2D eigenvalue weighted by Gasteiger charge is 2.31. The van der Waals surface area contributed by atoms with Gasteiger partial charge in [0.2, 0.25) is 5.89 Å². The van der Waals surface area contributed by atoms with Gasteiger partial charge in [-0.05, 0) is 43.2 Å². The molecule has 2 aliphatic rings. The third kappa shape index (κ3) is 3.16. The SMILES string of the molecule is OCCCN(Cc1nc(C2CC2)no1)C1CCc2ccccc21. The zero-order chi connectivity index (χ0) is 15.6. The molecule has 5 nitrogen and oxygen atoms in total. The number of fused-ring (bicyclic) bond motifs is 1. The lowest BCUT2D eigenvalue weighted by Gasteiger charge is -2.28. The topological polar surface area (TPSA) is 62.4 Å². The lowest BCUT2D eigenvalue weighted by molar-refractivity contribution is 0.148. The standard InChI is InChI=1S/C18H23N3O2/c22-11-3-10-21(12-17-19-18(20-23-17)14-6-7-14)16-9-8-13-4-1-2-5-15(13)16/h1-2,4-5,14,16,22H,3,6-12H2. The molecule has 5 heteroatoms. The van der Waals surface area contributed by atoms with Gasteiger partial charge in [-0.1, -0.05) is 29.4 Å². The van der Waals surface area contributed by atoms with Gasteiger partial charge in [0, 0.05) is 25.1 Å². The summed E-state index contributed by atoms with van der Waals surface area (Å²) in [6, 6.07) is 9.05. The Morgan fingerprint density at radius 3 is 2.91 bits per heavy atom. The predicted octanol–water partition coefficient (Wildman–Crippen LogP) is 2.82. The zero-order valence-corrected chi connectivity index (χ0v) is 13.3. The second-order valence-electron chi connectivity index (χ2n) is 6.62. The molecule has 1 saturated carbocycles. The van der Waals surface area contributed by atoms with Crippen LogP contribution in [0.5, 0.6) is 0 Å². The molecule has 0 saturated heterocycles. The summed E-state index contributed by atoms with van der Waals surface area (Å²) in [6.45, 7) is 1.72. The Morgan fingerprint density at radius 1 is 1.22 bits per heavy atom. The molecule has 1 fully saturated rings. The van der Waals surface area contributed by atoms with E-state index in [1.54, 1.807) is 0 Å². The average Bonchev–Trinajstić information content (AvgIpc) is 3.17. The summed E-state index contributed by atoms with van der Waals surface area (Å²) >= 11 is 0. The van der Waals surface area contributed by atoms with Gasteiger partial charge in [0.05, 0.1) is 6.54 Å². The Balaban J connectivity index is 1.52. The van der Waals surface area contributed by atoms with E-state index in [1.165, 1.54) is 24.0 Å². The van der Waals surface area contributed by atoms with Gasteiger partial charge in [0.25, 0.3) is 0 Å². The Labute approximate surface area is 136 Å². The summed E-state index contributed by atoms with van der Waals surface area (Å²) < 4.78 is 5.46. The van der Waals surface area contributed by atoms with E-state index in [2.05, 4.69) is 39.3 Å². The van der Waals surface area contributed by atoms with Crippen LogP contribution in [0.15, 0.2) is 28.8 Å². The smallest absolute Gasteiger partial charge is 0.240 e. The third-order valence-corrected chi connectivity index (χ3v) is 4.91. The molecule has 1 N–H and O–H groups in total. The average molecular weight is 313 g/mol. The molecular formula is C18H23N3O2. The fourth-order valence-electron chi connectivity index (χ4n) is 3.55. The van der Waals surface area contributed by atoms with E-state index in [9.17, 15) is 5.11 Å². The lowest BCUT2D eigenvalue weighted by atomic mass is 10.1. The van der Waals surface area contributed by atoms with Crippen LogP contribution in [-0.4, -0.2) is 33.3 Å². The van der Waals surface area contributed by atoms with Gasteiger partial charge in [-0.3, -0.25) is 4.90 Å². The van der Waals surface area contributed by atoms with Crippen LogP contribution in [0, 0.1) is 0 Å². The van der Waals surface area contributed by atoms with E-state index in [-0.39, 0.29) is 6.61 Å².